The minimum atomic E-state index is -3.74. The van der Waals surface area contributed by atoms with E-state index in [4.69, 9.17) is 0 Å². The predicted octanol–water partition coefficient (Wildman–Crippen LogP) is 4.13. The van der Waals surface area contributed by atoms with E-state index >= 15 is 0 Å². The van der Waals surface area contributed by atoms with Crippen LogP contribution in [0.15, 0.2) is 12.7 Å². The van der Waals surface area contributed by atoms with Gasteiger partial charge in [-0.3, -0.25) is 19.2 Å². The third kappa shape index (κ3) is 12.0. The molecule has 0 spiro atoms. The molecule has 5 atom stereocenters. The smallest absolute Gasteiger partial charge is 0.315 e. The average Bonchev–Trinajstić information content (AvgIpc) is 3.52. The highest BCUT2D eigenvalue weighted by Crippen LogP contribution is 2.41. The number of nitrogens with zero attached hydrogens (tertiary/aromatic N) is 2. The van der Waals surface area contributed by atoms with Crippen LogP contribution in [0.25, 0.3) is 0 Å². The lowest BCUT2D eigenvalue weighted by Gasteiger charge is -2.43. The quantitative estimate of drug-likeness (QED) is 0.120. The molecule has 14 heteroatoms. The molecule has 1 aliphatic carbocycles. The molecular weight excluding hydrogens is 685 g/mol. The molecule has 2 fully saturated rings. The second kappa shape index (κ2) is 19.4. The Labute approximate surface area is 313 Å². The lowest BCUT2D eigenvalue weighted by molar-refractivity contribution is -0.145. The van der Waals surface area contributed by atoms with Crippen LogP contribution in [-0.2, 0) is 29.2 Å². The molecule has 2 rings (SSSR count). The number of rotatable bonds is 18. The molecule has 0 radical (unpaired) electrons. The first-order valence-electron chi connectivity index (χ1n) is 19.2. The fourth-order valence-electron chi connectivity index (χ4n) is 7.29. The number of Topliss-reactive ketones (excluding diaryl/α,β-unsaturated/α-hetero) is 1. The SMILES string of the molecule is C=CCNC(=O)C(=O)C(CCCC)NC(=O)[C@@H]1C(C(C)C)CCN1C(=O)[C@@H](NC(=O)N[C@H](CS(=O)(=O)N(C)C(C)(C)C)C(C)C)C1(C)CCCCC1. The maximum Gasteiger partial charge on any atom is 0.315 e. The first-order chi connectivity index (χ1) is 24.1. The van der Waals surface area contributed by atoms with Gasteiger partial charge in [-0.1, -0.05) is 79.7 Å². The van der Waals surface area contributed by atoms with Crippen LogP contribution in [0.5, 0.6) is 0 Å². The molecule has 4 N–H and O–H groups in total. The van der Waals surface area contributed by atoms with Gasteiger partial charge in [0.1, 0.15) is 12.1 Å². The Morgan fingerprint density at radius 3 is 2.13 bits per heavy atom. The van der Waals surface area contributed by atoms with Crippen molar-refractivity contribution in [2.75, 3.05) is 25.9 Å². The Bertz CT molecular complexity index is 1370. The van der Waals surface area contributed by atoms with Gasteiger partial charge in [-0.15, -0.1) is 6.58 Å². The topological polar surface area (TPSA) is 174 Å². The first-order valence-corrected chi connectivity index (χ1v) is 20.8. The molecule has 0 aromatic heterocycles. The minimum absolute atomic E-state index is 0.0224. The molecule has 2 aliphatic rings. The van der Waals surface area contributed by atoms with Gasteiger partial charge in [0.15, 0.2) is 0 Å². The van der Waals surface area contributed by atoms with Crippen molar-refractivity contribution >= 4 is 39.6 Å². The highest BCUT2D eigenvalue weighted by atomic mass is 32.2. The van der Waals surface area contributed by atoms with E-state index in [2.05, 4.69) is 27.8 Å². The first kappa shape index (κ1) is 45.2. The lowest BCUT2D eigenvalue weighted by Crippen LogP contribution is -2.63. The Hall–Kier alpha value is -3.00. The number of likely N-dealkylation sites (tertiary alicyclic amines) is 1. The number of carbonyl (C=O) groups excluding carboxylic acids is 5. The second-order valence-electron chi connectivity index (χ2n) is 16.8. The molecule has 0 aromatic carbocycles. The van der Waals surface area contributed by atoms with Crippen molar-refractivity contribution in [1.29, 1.82) is 0 Å². The summed E-state index contributed by atoms with van der Waals surface area (Å²) < 4.78 is 28.0. The van der Waals surface area contributed by atoms with Crippen LogP contribution in [0.3, 0.4) is 0 Å². The Morgan fingerprint density at radius 2 is 1.62 bits per heavy atom. The number of nitrogens with one attached hydrogen (secondary N) is 4. The summed E-state index contributed by atoms with van der Waals surface area (Å²) in [4.78, 5) is 70.2. The zero-order valence-corrected chi connectivity index (χ0v) is 34.3. The largest absolute Gasteiger partial charge is 0.346 e. The average molecular weight is 753 g/mol. The number of urea groups is 1. The van der Waals surface area contributed by atoms with E-state index in [9.17, 15) is 32.4 Å². The normalized spacial score (nSPS) is 21.0. The Morgan fingerprint density at radius 1 is 1.00 bits per heavy atom. The molecule has 1 aliphatic heterocycles. The molecule has 0 aromatic rings. The third-order valence-corrected chi connectivity index (χ3v) is 13.2. The van der Waals surface area contributed by atoms with Gasteiger partial charge in [-0.05, 0) is 69.6 Å². The highest BCUT2D eigenvalue weighted by Gasteiger charge is 2.50. The zero-order chi connectivity index (χ0) is 39.6. The van der Waals surface area contributed by atoms with Crippen LogP contribution in [-0.4, -0.2) is 103 Å². The predicted molar refractivity (Wildman–Crippen MR) is 205 cm³/mol. The molecule has 52 heavy (non-hydrogen) atoms. The van der Waals surface area contributed by atoms with E-state index in [1.54, 1.807) is 25.7 Å². The molecule has 13 nitrogen and oxygen atoms in total. The van der Waals surface area contributed by atoms with Crippen LogP contribution < -0.4 is 21.3 Å². The number of amides is 5. The number of unbranched alkanes of at least 4 members (excludes halogenated alkanes) is 1. The van der Waals surface area contributed by atoms with Crippen molar-refractivity contribution in [2.45, 2.75) is 150 Å². The number of ketones is 1. The van der Waals surface area contributed by atoms with E-state index in [0.29, 0.717) is 25.7 Å². The Kier molecular flexibility index (Phi) is 16.8. The van der Waals surface area contributed by atoms with E-state index < -0.39 is 68.8 Å². The summed E-state index contributed by atoms with van der Waals surface area (Å²) in [7, 11) is -2.22. The van der Waals surface area contributed by atoms with Crippen LogP contribution in [0.1, 0.15) is 120 Å². The monoisotopic (exact) mass is 752 g/mol. The van der Waals surface area contributed by atoms with E-state index in [0.717, 1.165) is 25.7 Å². The van der Waals surface area contributed by atoms with Crippen LogP contribution >= 0.6 is 0 Å². The van der Waals surface area contributed by atoms with Crippen molar-refractivity contribution in [3.8, 4) is 0 Å². The maximum absolute atomic E-state index is 14.8. The van der Waals surface area contributed by atoms with E-state index in [1.165, 1.54) is 17.4 Å². The number of hydrogen-bond acceptors (Lipinski definition) is 7. The molecule has 1 saturated carbocycles. The van der Waals surface area contributed by atoms with Gasteiger partial charge < -0.3 is 26.2 Å². The summed E-state index contributed by atoms with van der Waals surface area (Å²) >= 11 is 0. The van der Waals surface area contributed by atoms with Crippen LogP contribution in [0, 0.1) is 23.2 Å². The van der Waals surface area contributed by atoms with Gasteiger partial charge in [-0.2, -0.15) is 4.31 Å². The van der Waals surface area contributed by atoms with E-state index in [1.807, 2.05) is 41.5 Å². The van der Waals surface area contributed by atoms with Gasteiger partial charge in [-0.25, -0.2) is 13.2 Å². The molecular formula is C38H68N6O7S. The summed E-state index contributed by atoms with van der Waals surface area (Å²) in [6, 6.07) is -4.34. The molecule has 1 saturated heterocycles. The summed E-state index contributed by atoms with van der Waals surface area (Å²) in [6.45, 7) is 21.0. The third-order valence-electron chi connectivity index (χ3n) is 11.1. The van der Waals surface area contributed by atoms with Crippen molar-refractivity contribution in [1.82, 2.24) is 30.5 Å². The summed E-state index contributed by atoms with van der Waals surface area (Å²) in [6.07, 6.45) is 7.80. The second-order valence-corrected chi connectivity index (χ2v) is 18.8. The van der Waals surface area contributed by atoms with Crippen molar-refractivity contribution in [3.05, 3.63) is 12.7 Å². The summed E-state index contributed by atoms with van der Waals surface area (Å²) in [5, 5.41) is 11.2. The Balaban J connectivity index is 2.45. The molecule has 2 unspecified atom stereocenters. The molecule has 298 valence electrons. The van der Waals surface area contributed by atoms with Crippen molar-refractivity contribution in [3.63, 3.8) is 0 Å². The standard InChI is InChI=1S/C38H68N6O7S/c1-12-14-18-28(31(45)34(47)39-22-13-2)40-33(46)30-27(25(3)4)19-23-44(30)35(48)32(38(10)20-16-15-17-21-38)42-36(49)41-29(26(5)6)24-52(50,51)43(11)37(7,8)9/h13,25-30,32H,2,12,14-24H2,1,3-11H3,(H,39,47)(H,40,46)(H2,41,42,49)/t27?,28?,29-,30+,32-/m1/s1. The molecule has 5 amide bonds. The highest BCUT2D eigenvalue weighted by molar-refractivity contribution is 7.89. The number of sulfonamides is 1. The maximum atomic E-state index is 14.8. The van der Waals surface area contributed by atoms with E-state index in [-0.39, 0.29) is 48.9 Å². The molecule has 1 heterocycles. The van der Waals surface area contributed by atoms with Crippen LogP contribution in [0.2, 0.25) is 0 Å². The van der Waals surface area contributed by atoms with Crippen molar-refractivity contribution < 1.29 is 32.4 Å². The van der Waals surface area contributed by atoms with Gasteiger partial charge in [0.25, 0.3) is 5.91 Å². The fraction of sp³-hybridized carbons (Fsp3) is 0.816. The number of carbonyl (C=O) groups is 5. The van der Waals surface area contributed by atoms with Crippen LogP contribution in [0.4, 0.5) is 4.79 Å². The lowest BCUT2D eigenvalue weighted by atomic mass is 9.70. The van der Waals surface area contributed by atoms with Gasteiger partial charge in [0.2, 0.25) is 27.6 Å². The minimum Gasteiger partial charge on any atom is -0.346 e. The van der Waals surface area contributed by atoms with Gasteiger partial charge >= 0.3 is 6.03 Å². The zero-order valence-electron chi connectivity index (χ0n) is 33.5. The fourth-order valence-corrected chi connectivity index (χ4v) is 9.27. The summed E-state index contributed by atoms with van der Waals surface area (Å²) in [5.41, 5.74) is -1.26. The number of hydrogen-bond donors (Lipinski definition) is 4. The molecule has 0 bridgehead atoms. The van der Waals surface area contributed by atoms with Gasteiger partial charge in [0, 0.05) is 31.7 Å². The van der Waals surface area contributed by atoms with Crippen molar-refractivity contribution in [2.24, 2.45) is 23.2 Å². The summed E-state index contributed by atoms with van der Waals surface area (Å²) in [5.74, 6) is -3.17. The van der Waals surface area contributed by atoms with Gasteiger partial charge in [0.05, 0.1) is 11.8 Å².